The number of thiol groups is 1. The van der Waals surface area contributed by atoms with Gasteiger partial charge in [-0.15, -0.1) is 0 Å². The van der Waals surface area contributed by atoms with Crippen LogP contribution in [0.2, 0.25) is 0 Å². The Balaban J connectivity index is 3.15. The highest BCUT2D eigenvalue weighted by Gasteiger charge is 2.34. The van der Waals surface area contributed by atoms with Crippen LogP contribution < -0.4 is 0 Å². The standard InChI is InChI=1S/C7H8F4S/c1-12(9,10,11)7-4-2-6(8)3-5-7/h2-5,12H,1H3. The second kappa shape index (κ2) is 2.39. The summed E-state index contributed by atoms with van der Waals surface area (Å²) in [6.45, 7) is 0. The summed E-state index contributed by atoms with van der Waals surface area (Å²) in [5.74, 6) is -0.654. The van der Waals surface area contributed by atoms with Gasteiger partial charge in [-0.3, -0.25) is 0 Å². The smallest absolute Gasteiger partial charge is 0.123 e. The van der Waals surface area contributed by atoms with Crippen LogP contribution in [0.25, 0.3) is 0 Å². The molecule has 0 N–H and O–H groups in total. The Morgan fingerprint density at radius 2 is 1.42 bits per heavy atom. The van der Waals surface area contributed by atoms with E-state index in [0.29, 0.717) is 0 Å². The molecule has 0 bridgehead atoms. The molecule has 0 fully saturated rings. The molecule has 1 aromatic carbocycles. The van der Waals surface area contributed by atoms with Crippen LogP contribution in [0.3, 0.4) is 0 Å². The number of hydrogen-bond acceptors (Lipinski definition) is 0. The van der Waals surface area contributed by atoms with Crippen molar-refractivity contribution in [2.45, 2.75) is 4.90 Å². The number of benzene rings is 1. The first-order valence-corrected chi connectivity index (χ1v) is 5.54. The van der Waals surface area contributed by atoms with Gasteiger partial charge in [0.15, 0.2) is 0 Å². The summed E-state index contributed by atoms with van der Waals surface area (Å²) < 4.78 is 50.1. The molecule has 0 spiro atoms. The SMILES string of the molecule is C[SH](F)(F)(F)c1ccc(F)cc1. The predicted molar refractivity (Wildman–Crippen MR) is 42.9 cm³/mol. The monoisotopic (exact) mass is 200 g/mol. The van der Waals surface area contributed by atoms with Crippen LogP contribution in [0.5, 0.6) is 0 Å². The second-order valence-electron chi connectivity index (χ2n) is 2.65. The Morgan fingerprint density at radius 3 is 1.75 bits per heavy atom. The number of hydrogen-bond donors (Lipinski definition) is 1. The molecule has 0 atom stereocenters. The molecule has 1 aromatic rings. The molecule has 5 heteroatoms. The van der Waals surface area contributed by atoms with E-state index in [1.54, 1.807) is 0 Å². The van der Waals surface area contributed by atoms with Crippen molar-refractivity contribution in [3.8, 4) is 0 Å². The van der Waals surface area contributed by atoms with Crippen LogP contribution in [0.1, 0.15) is 0 Å². The molecule has 0 saturated carbocycles. The van der Waals surface area contributed by atoms with Gasteiger partial charge in [-0.05, 0) is 24.3 Å². The van der Waals surface area contributed by atoms with Crippen LogP contribution in [0.4, 0.5) is 16.0 Å². The molecule has 12 heavy (non-hydrogen) atoms. The van der Waals surface area contributed by atoms with E-state index in [0.717, 1.165) is 24.3 Å². The fourth-order valence-electron chi connectivity index (χ4n) is 0.759. The van der Waals surface area contributed by atoms with Crippen molar-refractivity contribution in [3.05, 3.63) is 30.1 Å². The van der Waals surface area contributed by atoms with E-state index >= 15 is 0 Å². The Hall–Kier alpha value is -0.710. The highest BCUT2D eigenvalue weighted by Crippen LogP contribution is 2.77. The molecule has 0 aromatic heterocycles. The first-order chi connectivity index (χ1) is 5.26. The Bertz CT molecular complexity index is 275. The van der Waals surface area contributed by atoms with Crippen molar-refractivity contribution < 1.29 is 16.0 Å². The molecule has 1 rings (SSSR count). The van der Waals surface area contributed by atoms with Crippen molar-refractivity contribution in [2.75, 3.05) is 6.26 Å². The van der Waals surface area contributed by atoms with Gasteiger partial charge < -0.3 is 0 Å². The summed E-state index contributed by atoms with van der Waals surface area (Å²) in [5.41, 5.74) is 0. The maximum absolute atomic E-state index is 12.6. The summed E-state index contributed by atoms with van der Waals surface area (Å²) in [7, 11) is -6.18. The fraction of sp³-hybridized carbons (Fsp3) is 0.143. The molecule has 0 radical (unpaired) electrons. The maximum Gasteiger partial charge on any atom is 0.123 e. The molecule has 0 unspecified atom stereocenters. The largest absolute Gasteiger partial charge is 0.207 e. The van der Waals surface area contributed by atoms with E-state index in [1.165, 1.54) is 0 Å². The van der Waals surface area contributed by atoms with E-state index in [2.05, 4.69) is 0 Å². The predicted octanol–water partition coefficient (Wildman–Crippen LogP) is 3.54. The van der Waals surface area contributed by atoms with Crippen LogP contribution >= 0.6 is 10.3 Å². The van der Waals surface area contributed by atoms with Gasteiger partial charge in [0.1, 0.15) is 5.82 Å². The van der Waals surface area contributed by atoms with Crippen LogP contribution in [0, 0.1) is 5.82 Å². The van der Waals surface area contributed by atoms with Gasteiger partial charge >= 0.3 is 0 Å². The lowest BCUT2D eigenvalue weighted by Crippen LogP contribution is -1.95. The van der Waals surface area contributed by atoms with E-state index in [9.17, 15) is 16.0 Å². The van der Waals surface area contributed by atoms with Crippen LogP contribution in [-0.4, -0.2) is 6.26 Å². The molecular weight excluding hydrogens is 192 g/mol. The first kappa shape index (κ1) is 9.38. The van der Waals surface area contributed by atoms with Gasteiger partial charge in [-0.25, -0.2) is 4.39 Å². The molecule has 0 nitrogen and oxygen atoms in total. The van der Waals surface area contributed by atoms with Crippen molar-refractivity contribution in [3.63, 3.8) is 0 Å². The Labute approximate surface area is 68.4 Å². The van der Waals surface area contributed by atoms with E-state index in [1.807, 2.05) is 0 Å². The van der Waals surface area contributed by atoms with E-state index in [4.69, 9.17) is 0 Å². The third-order valence-electron chi connectivity index (χ3n) is 1.38. The topological polar surface area (TPSA) is 0 Å². The lowest BCUT2D eigenvalue weighted by molar-refractivity contribution is 0.596. The zero-order valence-electron chi connectivity index (χ0n) is 6.27. The lowest BCUT2D eigenvalue weighted by atomic mass is 10.4. The second-order valence-corrected chi connectivity index (χ2v) is 5.52. The van der Waals surface area contributed by atoms with Gasteiger partial charge in [0.05, 0.1) is 10.3 Å². The Kier molecular flexibility index (Phi) is 1.87. The minimum Gasteiger partial charge on any atom is -0.207 e. The van der Waals surface area contributed by atoms with Gasteiger partial charge in [0.25, 0.3) is 0 Å². The highest BCUT2D eigenvalue weighted by atomic mass is 32.4. The maximum atomic E-state index is 12.6. The first-order valence-electron chi connectivity index (χ1n) is 3.19. The molecule has 0 amide bonds. The third-order valence-corrected chi connectivity index (χ3v) is 2.78. The van der Waals surface area contributed by atoms with E-state index < -0.39 is 21.0 Å². The molecular formula is C7H8F4S. The van der Waals surface area contributed by atoms with Crippen molar-refractivity contribution in [1.82, 2.24) is 0 Å². The summed E-state index contributed by atoms with van der Waals surface area (Å²) in [6.07, 6.45) is 0.263. The molecule has 0 heterocycles. The highest BCUT2D eigenvalue weighted by molar-refractivity contribution is 8.37. The lowest BCUT2D eigenvalue weighted by Gasteiger charge is -2.33. The minimum absolute atomic E-state index is 0.263. The average molecular weight is 200 g/mol. The Morgan fingerprint density at radius 1 is 1.00 bits per heavy atom. The van der Waals surface area contributed by atoms with E-state index in [-0.39, 0.29) is 6.26 Å². The quantitative estimate of drug-likeness (QED) is 0.520. The summed E-state index contributed by atoms with van der Waals surface area (Å²) in [6, 6.07) is 3.18. The zero-order valence-corrected chi connectivity index (χ0v) is 7.16. The van der Waals surface area contributed by atoms with Gasteiger partial charge in [-0.2, -0.15) is 11.7 Å². The summed E-state index contributed by atoms with van der Waals surface area (Å²) >= 11 is 0. The number of halogens is 4. The molecule has 70 valence electrons. The number of rotatable bonds is 1. The van der Waals surface area contributed by atoms with Gasteiger partial charge in [0, 0.05) is 11.2 Å². The fourth-order valence-corrected chi connectivity index (χ4v) is 1.54. The molecule has 0 aliphatic carbocycles. The summed E-state index contributed by atoms with van der Waals surface area (Å²) in [4.78, 5) is -0.720. The third kappa shape index (κ3) is 2.14. The van der Waals surface area contributed by atoms with Crippen molar-refractivity contribution in [1.29, 1.82) is 0 Å². The van der Waals surface area contributed by atoms with Crippen LogP contribution in [-0.2, 0) is 0 Å². The summed E-state index contributed by atoms with van der Waals surface area (Å²) in [5, 5.41) is 0. The molecule has 0 aliphatic heterocycles. The zero-order chi connectivity index (χ0) is 9.43. The van der Waals surface area contributed by atoms with Crippen molar-refractivity contribution in [2.24, 2.45) is 0 Å². The van der Waals surface area contributed by atoms with Crippen molar-refractivity contribution >= 4 is 10.3 Å². The van der Waals surface area contributed by atoms with Gasteiger partial charge in [0.2, 0.25) is 0 Å². The molecule has 0 saturated heterocycles. The average Bonchev–Trinajstić information content (AvgIpc) is 1.84. The molecule has 0 aliphatic rings. The normalized spacial score (nSPS) is 15.2. The van der Waals surface area contributed by atoms with Gasteiger partial charge in [-0.1, -0.05) is 0 Å². The van der Waals surface area contributed by atoms with Crippen LogP contribution in [0.15, 0.2) is 29.2 Å². The minimum atomic E-state index is -6.18.